The lowest BCUT2D eigenvalue weighted by molar-refractivity contribution is 0.0991. The van der Waals surface area contributed by atoms with E-state index in [1.165, 1.54) is 38.3 Å². The first-order valence-electron chi connectivity index (χ1n) is 7.41. The van der Waals surface area contributed by atoms with Crippen molar-refractivity contribution in [3.63, 3.8) is 0 Å². The molecular formula is C16H18ClN3O. The number of nitrogens with zero attached hydrogens (tertiary/aromatic N) is 3. The Labute approximate surface area is 129 Å². The fourth-order valence-corrected chi connectivity index (χ4v) is 2.94. The number of halogens is 1. The summed E-state index contributed by atoms with van der Waals surface area (Å²) in [6, 6.07) is 5.78. The molecule has 0 radical (unpaired) electrons. The molecule has 0 aliphatic heterocycles. The van der Waals surface area contributed by atoms with Gasteiger partial charge in [0.25, 0.3) is 0 Å². The van der Waals surface area contributed by atoms with Crippen molar-refractivity contribution in [2.24, 2.45) is 0 Å². The van der Waals surface area contributed by atoms with E-state index in [9.17, 15) is 4.79 Å². The summed E-state index contributed by atoms with van der Waals surface area (Å²) >= 11 is 5.73. The van der Waals surface area contributed by atoms with Crippen LogP contribution < -0.4 is 0 Å². The summed E-state index contributed by atoms with van der Waals surface area (Å²) in [6.07, 6.45) is 10.1. The van der Waals surface area contributed by atoms with E-state index in [-0.39, 0.29) is 5.78 Å². The Morgan fingerprint density at radius 3 is 2.76 bits per heavy atom. The van der Waals surface area contributed by atoms with Gasteiger partial charge in [-0.25, -0.2) is 4.98 Å². The Kier molecular flexibility index (Phi) is 4.34. The van der Waals surface area contributed by atoms with E-state index in [1.54, 1.807) is 12.1 Å². The minimum atomic E-state index is 0.0214. The maximum absolute atomic E-state index is 12.2. The quantitative estimate of drug-likeness (QED) is 0.636. The van der Waals surface area contributed by atoms with Crippen LogP contribution in [-0.2, 0) is 6.42 Å². The van der Waals surface area contributed by atoms with Crippen LogP contribution in [0.4, 0.5) is 0 Å². The number of Topliss-reactive ketones (excluding diaryl/α,β-unsaturated/α-hetero) is 1. The van der Waals surface area contributed by atoms with Crippen molar-refractivity contribution >= 4 is 17.4 Å². The zero-order valence-corrected chi connectivity index (χ0v) is 12.6. The third-order valence-electron chi connectivity index (χ3n) is 4.00. The number of ketones is 1. The van der Waals surface area contributed by atoms with Gasteiger partial charge in [0, 0.05) is 18.0 Å². The molecule has 1 aliphatic rings. The molecule has 2 aromatic rings. The molecule has 2 heterocycles. The van der Waals surface area contributed by atoms with Crippen LogP contribution in [0.5, 0.6) is 0 Å². The summed E-state index contributed by atoms with van der Waals surface area (Å²) in [5.41, 5.74) is 1.40. The highest BCUT2D eigenvalue weighted by molar-refractivity contribution is 6.29. The molecule has 4 nitrogen and oxygen atoms in total. The fraction of sp³-hybridized carbons (Fsp3) is 0.438. The van der Waals surface area contributed by atoms with Gasteiger partial charge in [0.05, 0.1) is 18.2 Å². The summed E-state index contributed by atoms with van der Waals surface area (Å²) < 4.78 is 2.03. The molecule has 0 spiro atoms. The molecule has 0 bridgehead atoms. The van der Waals surface area contributed by atoms with Crippen molar-refractivity contribution in [1.29, 1.82) is 0 Å². The molecule has 1 saturated carbocycles. The predicted octanol–water partition coefficient (Wildman–Crippen LogP) is 3.86. The van der Waals surface area contributed by atoms with Gasteiger partial charge in [0.15, 0.2) is 5.78 Å². The number of carbonyl (C=O) groups excluding carboxylic acids is 1. The van der Waals surface area contributed by atoms with Gasteiger partial charge in [-0.3, -0.25) is 9.48 Å². The summed E-state index contributed by atoms with van der Waals surface area (Å²) in [5, 5.41) is 4.96. The van der Waals surface area contributed by atoms with Crippen LogP contribution >= 0.6 is 11.6 Å². The summed E-state index contributed by atoms with van der Waals surface area (Å²) in [4.78, 5) is 16.1. The highest BCUT2D eigenvalue weighted by Crippen LogP contribution is 2.27. The van der Waals surface area contributed by atoms with Crippen LogP contribution in [0.2, 0.25) is 5.15 Å². The van der Waals surface area contributed by atoms with Crippen molar-refractivity contribution in [2.75, 3.05) is 0 Å². The molecule has 21 heavy (non-hydrogen) atoms. The van der Waals surface area contributed by atoms with Crippen molar-refractivity contribution in [3.8, 4) is 0 Å². The lowest BCUT2D eigenvalue weighted by Gasteiger charge is -2.21. The van der Waals surface area contributed by atoms with Crippen LogP contribution in [0.25, 0.3) is 0 Å². The minimum absolute atomic E-state index is 0.0214. The molecule has 0 unspecified atom stereocenters. The number of carbonyl (C=O) groups is 1. The van der Waals surface area contributed by atoms with Gasteiger partial charge < -0.3 is 0 Å². The zero-order valence-electron chi connectivity index (χ0n) is 11.8. The third kappa shape index (κ3) is 3.50. The molecule has 110 valence electrons. The van der Waals surface area contributed by atoms with E-state index < -0.39 is 0 Å². The van der Waals surface area contributed by atoms with Gasteiger partial charge in [-0.15, -0.1) is 0 Å². The summed E-state index contributed by atoms with van der Waals surface area (Å²) in [5.74, 6) is 0.0214. The molecule has 5 heteroatoms. The van der Waals surface area contributed by atoms with E-state index in [4.69, 9.17) is 11.6 Å². The molecular weight excluding hydrogens is 286 g/mol. The first-order valence-corrected chi connectivity index (χ1v) is 7.79. The van der Waals surface area contributed by atoms with Gasteiger partial charge in [-0.2, -0.15) is 5.10 Å². The molecule has 1 fully saturated rings. The van der Waals surface area contributed by atoms with Gasteiger partial charge >= 0.3 is 0 Å². The Bertz CT molecular complexity index is 615. The van der Waals surface area contributed by atoms with Gasteiger partial charge in [0.1, 0.15) is 5.15 Å². The Morgan fingerprint density at radius 1 is 1.24 bits per heavy atom. The fourth-order valence-electron chi connectivity index (χ4n) is 2.83. The molecule has 2 aromatic heterocycles. The van der Waals surface area contributed by atoms with E-state index in [0.29, 0.717) is 23.2 Å². The maximum Gasteiger partial charge on any atom is 0.170 e. The van der Waals surface area contributed by atoms with Crippen LogP contribution in [0.15, 0.2) is 30.6 Å². The largest absolute Gasteiger partial charge is 0.294 e. The van der Waals surface area contributed by atoms with Crippen LogP contribution in [0.1, 0.15) is 54.2 Å². The minimum Gasteiger partial charge on any atom is -0.294 e. The monoisotopic (exact) mass is 303 g/mol. The van der Waals surface area contributed by atoms with Crippen molar-refractivity contribution in [1.82, 2.24) is 14.8 Å². The van der Waals surface area contributed by atoms with Crippen LogP contribution in [0, 0.1) is 0 Å². The van der Waals surface area contributed by atoms with Crippen LogP contribution in [0.3, 0.4) is 0 Å². The van der Waals surface area contributed by atoms with E-state index in [1.807, 2.05) is 16.9 Å². The van der Waals surface area contributed by atoms with Gasteiger partial charge in [-0.05, 0) is 31.0 Å². The van der Waals surface area contributed by atoms with Crippen LogP contribution in [-0.4, -0.2) is 20.5 Å². The predicted molar refractivity (Wildman–Crippen MR) is 81.6 cm³/mol. The SMILES string of the molecule is O=C(Cc1ccn(C2CCCCC2)n1)c1ccc(Cl)nc1. The average molecular weight is 304 g/mol. The second kappa shape index (κ2) is 6.39. The first-order chi connectivity index (χ1) is 10.2. The number of hydrogen-bond acceptors (Lipinski definition) is 3. The molecule has 1 aliphatic carbocycles. The lowest BCUT2D eigenvalue weighted by atomic mass is 9.96. The average Bonchev–Trinajstić information content (AvgIpc) is 2.97. The third-order valence-corrected chi connectivity index (χ3v) is 4.23. The second-order valence-electron chi connectivity index (χ2n) is 5.55. The second-order valence-corrected chi connectivity index (χ2v) is 5.94. The zero-order chi connectivity index (χ0) is 14.7. The Hall–Kier alpha value is -1.68. The molecule has 0 aromatic carbocycles. The molecule has 0 atom stereocenters. The van der Waals surface area contributed by atoms with Crippen molar-refractivity contribution in [3.05, 3.63) is 47.0 Å². The van der Waals surface area contributed by atoms with Gasteiger partial charge in [-0.1, -0.05) is 30.9 Å². The number of hydrogen-bond donors (Lipinski definition) is 0. The van der Waals surface area contributed by atoms with Gasteiger partial charge in [0.2, 0.25) is 0 Å². The first kappa shape index (κ1) is 14.3. The Balaban J connectivity index is 1.66. The molecule has 3 rings (SSSR count). The summed E-state index contributed by atoms with van der Waals surface area (Å²) in [6.45, 7) is 0. The lowest BCUT2D eigenvalue weighted by Crippen LogP contribution is -2.14. The maximum atomic E-state index is 12.2. The Morgan fingerprint density at radius 2 is 2.05 bits per heavy atom. The van der Waals surface area contributed by atoms with E-state index >= 15 is 0 Å². The number of pyridine rings is 1. The molecule has 0 saturated heterocycles. The van der Waals surface area contributed by atoms with E-state index in [2.05, 4.69) is 10.1 Å². The standard InChI is InChI=1S/C16H18ClN3O/c17-16-7-6-12(11-18-16)15(21)10-13-8-9-20(19-13)14-4-2-1-3-5-14/h6-9,11,14H,1-5,10H2. The van der Waals surface area contributed by atoms with E-state index in [0.717, 1.165) is 5.69 Å². The normalized spacial score (nSPS) is 16.0. The molecule has 0 amide bonds. The number of aromatic nitrogens is 3. The van der Waals surface area contributed by atoms with Crippen molar-refractivity contribution < 1.29 is 4.79 Å². The van der Waals surface area contributed by atoms with Crippen molar-refractivity contribution in [2.45, 2.75) is 44.6 Å². The highest BCUT2D eigenvalue weighted by atomic mass is 35.5. The smallest absolute Gasteiger partial charge is 0.170 e. The molecule has 0 N–H and O–H groups in total. The topological polar surface area (TPSA) is 47.8 Å². The number of rotatable bonds is 4. The summed E-state index contributed by atoms with van der Waals surface area (Å²) in [7, 11) is 0. The highest BCUT2D eigenvalue weighted by Gasteiger charge is 2.17.